The lowest BCUT2D eigenvalue weighted by atomic mass is 9.69. The molecule has 80 valence electrons. The molecule has 1 aliphatic carbocycles. The molecule has 1 atom stereocenters. The van der Waals surface area contributed by atoms with Gasteiger partial charge in [0.1, 0.15) is 0 Å². The molecule has 1 aromatic rings. The van der Waals surface area contributed by atoms with Gasteiger partial charge in [0, 0.05) is 12.0 Å². The molecule has 1 nitrogen and oxygen atoms in total. The minimum atomic E-state index is 0.504. The first kappa shape index (κ1) is 9.41. The molecule has 1 heterocycles. The number of likely N-dealkylation sites (N-methyl/N-ethyl adjacent to an activating group) is 1. The predicted molar refractivity (Wildman–Crippen MR) is 63.2 cm³/mol. The van der Waals surface area contributed by atoms with Crippen LogP contribution >= 0.6 is 0 Å². The molecule has 1 aliphatic heterocycles. The smallest absolute Gasteiger partial charge is 0.00951 e. The highest BCUT2D eigenvalue weighted by atomic mass is 15.1. The number of likely N-dealkylation sites (tertiary alicyclic amines) is 1. The molecule has 15 heavy (non-hydrogen) atoms. The number of fused-ring (bicyclic) bond motifs is 2. The van der Waals surface area contributed by atoms with Gasteiger partial charge < -0.3 is 4.90 Å². The van der Waals surface area contributed by atoms with Crippen LogP contribution in [0.2, 0.25) is 0 Å². The van der Waals surface area contributed by atoms with Crippen molar-refractivity contribution >= 4 is 0 Å². The highest BCUT2D eigenvalue weighted by Gasteiger charge is 2.40. The molecule has 1 saturated heterocycles. The maximum absolute atomic E-state index is 2.49. The van der Waals surface area contributed by atoms with E-state index in [1.807, 2.05) is 0 Å². The van der Waals surface area contributed by atoms with E-state index in [0.717, 1.165) is 0 Å². The molecule has 1 spiro atoms. The van der Waals surface area contributed by atoms with E-state index < -0.39 is 0 Å². The van der Waals surface area contributed by atoms with Crippen LogP contribution < -0.4 is 0 Å². The number of hydrogen-bond donors (Lipinski definition) is 0. The van der Waals surface area contributed by atoms with E-state index in [0.29, 0.717) is 5.41 Å². The summed E-state index contributed by atoms with van der Waals surface area (Å²) in [6, 6.07) is 9.10. The monoisotopic (exact) mass is 201 g/mol. The van der Waals surface area contributed by atoms with Crippen molar-refractivity contribution in [2.24, 2.45) is 0 Å². The summed E-state index contributed by atoms with van der Waals surface area (Å²) in [7, 11) is 2.26. The van der Waals surface area contributed by atoms with Gasteiger partial charge in [-0.1, -0.05) is 24.3 Å². The summed E-state index contributed by atoms with van der Waals surface area (Å²) in [5.41, 5.74) is 3.77. The Morgan fingerprint density at radius 1 is 1.20 bits per heavy atom. The van der Waals surface area contributed by atoms with Gasteiger partial charge in [0.15, 0.2) is 0 Å². The van der Waals surface area contributed by atoms with Gasteiger partial charge in [0.05, 0.1) is 0 Å². The number of rotatable bonds is 0. The van der Waals surface area contributed by atoms with E-state index in [1.165, 1.54) is 38.8 Å². The largest absolute Gasteiger partial charge is 0.305 e. The van der Waals surface area contributed by atoms with E-state index in [9.17, 15) is 0 Å². The molecule has 1 aromatic carbocycles. The lowest BCUT2D eigenvalue weighted by Gasteiger charge is -2.35. The van der Waals surface area contributed by atoms with E-state index in [-0.39, 0.29) is 0 Å². The lowest BCUT2D eigenvalue weighted by Crippen LogP contribution is -2.33. The van der Waals surface area contributed by atoms with Crippen molar-refractivity contribution in [1.29, 1.82) is 0 Å². The van der Waals surface area contributed by atoms with Crippen LogP contribution in [-0.2, 0) is 11.8 Å². The third-order valence-electron chi connectivity index (χ3n) is 4.23. The molecule has 1 fully saturated rings. The van der Waals surface area contributed by atoms with Crippen molar-refractivity contribution in [1.82, 2.24) is 4.90 Å². The summed E-state index contributed by atoms with van der Waals surface area (Å²) < 4.78 is 0. The van der Waals surface area contributed by atoms with Crippen LogP contribution in [0, 0.1) is 0 Å². The molecule has 3 rings (SSSR count). The minimum absolute atomic E-state index is 0.504. The second kappa shape index (κ2) is 3.34. The Balaban J connectivity index is 2.06. The van der Waals surface area contributed by atoms with Gasteiger partial charge in [-0.25, -0.2) is 0 Å². The minimum Gasteiger partial charge on any atom is -0.305 e. The molecular weight excluding hydrogens is 182 g/mol. The summed E-state index contributed by atoms with van der Waals surface area (Å²) >= 11 is 0. The standard InChI is InChI=1S/C14H19N/c1-15-10-9-14(11-15)8-4-6-12-5-2-3-7-13(12)14/h2-3,5,7H,4,6,8-11H2,1H3. The fourth-order valence-corrected chi connectivity index (χ4v) is 3.51. The molecule has 1 heteroatoms. The predicted octanol–water partition coefficient (Wildman–Crippen LogP) is 2.60. The molecule has 0 N–H and O–H groups in total. The molecule has 0 saturated carbocycles. The number of aryl methyl sites for hydroxylation is 1. The first-order chi connectivity index (χ1) is 7.30. The van der Waals surface area contributed by atoms with Crippen molar-refractivity contribution < 1.29 is 0 Å². The van der Waals surface area contributed by atoms with Gasteiger partial charge in [-0.15, -0.1) is 0 Å². The van der Waals surface area contributed by atoms with Gasteiger partial charge in [0.2, 0.25) is 0 Å². The van der Waals surface area contributed by atoms with Crippen LogP contribution in [0.15, 0.2) is 24.3 Å². The molecule has 1 unspecified atom stereocenters. The van der Waals surface area contributed by atoms with Gasteiger partial charge in [-0.3, -0.25) is 0 Å². The van der Waals surface area contributed by atoms with Crippen molar-refractivity contribution in [3.05, 3.63) is 35.4 Å². The van der Waals surface area contributed by atoms with E-state index in [4.69, 9.17) is 0 Å². The highest BCUT2D eigenvalue weighted by Crippen LogP contribution is 2.43. The lowest BCUT2D eigenvalue weighted by molar-refractivity contribution is 0.335. The number of hydrogen-bond acceptors (Lipinski definition) is 1. The van der Waals surface area contributed by atoms with Crippen LogP contribution in [0.3, 0.4) is 0 Å². The quantitative estimate of drug-likeness (QED) is 0.623. The van der Waals surface area contributed by atoms with Crippen molar-refractivity contribution in [3.8, 4) is 0 Å². The molecule has 0 amide bonds. The Kier molecular flexibility index (Phi) is 2.10. The maximum Gasteiger partial charge on any atom is 0.00951 e. The Morgan fingerprint density at radius 3 is 2.87 bits per heavy atom. The fraction of sp³-hybridized carbons (Fsp3) is 0.571. The zero-order chi connectivity index (χ0) is 10.3. The normalized spacial score (nSPS) is 30.7. The summed E-state index contributed by atoms with van der Waals surface area (Å²) in [6.07, 6.45) is 5.43. The van der Waals surface area contributed by atoms with Crippen LogP contribution in [0.1, 0.15) is 30.4 Å². The van der Waals surface area contributed by atoms with Crippen LogP contribution in [0.25, 0.3) is 0 Å². The molecule has 2 aliphatic rings. The second-order valence-corrected chi connectivity index (χ2v) is 5.28. The fourth-order valence-electron chi connectivity index (χ4n) is 3.51. The van der Waals surface area contributed by atoms with Gasteiger partial charge in [-0.05, 0) is 50.4 Å². The number of nitrogens with zero attached hydrogens (tertiary/aromatic N) is 1. The SMILES string of the molecule is CN1CCC2(CCCc3ccccc32)C1. The summed E-state index contributed by atoms with van der Waals surface area (Å²) in [6.45, 7) is 2.54. The first-order valence-electron chi connectivity index (χ1n) is 6.07. The maximum atomic E-state index is 2.49. The summed E-state index contributed by atoms with van der Waals surface area (Å²) in [5.74, 6) is 0. The summed E-state index contributed by atoms with van der Waals surface area (Å²) in [5, 5.41) is 0. The van der Waals surface area contributed by atoms with Crippen LogP contribution in [0.4, 0.5) is 0 Å². The second-order valence-electron chi connectivity index (χ2n) is 5.28. The third-order valence-corrected chi connectivity index (χ3v) is 4.23. The topological polar surface area (TPSA) is 3.24 Å². The first-order valence-corrected chi connectivity index (χ1v) is 6.07. The Bertz CT molecular complexity index is 371. The van der Waals surface area contributed by atoms with Gasteiger partial charge in [0.25, 0.3) is 0 Å². The van der Waals surface area contributed by atoms with Gasteiger partial charge >= 0.3 is 0 Å². The number of benzene rings is 1. The van der Waals surface area contributed by atoms with E-state index in [1.54, 1.807) is 11.1 Å². The average molecular weight is 201 g/mol. The zero-order valence-corrected chi connectivity index (χ0v) is 9.50. The summed E-state index contributed by atoms with van der Waals surface area (Å²) in [4.78, 5) is 2.49. The van der Waals surface area contributed by atoms with Crippen molar-refractivity contribution in [3.63, 3.8) is 0 Å². The third kappa shape index (κ3) is 1.41. The van der Waals surface area contributed by atoms with E-state index >= 15 is 0 Å². The Labute approximate surface area is 92.1 Å². The van der Waals surface area contributed by atoms with Crippen molar-refractivity contribution in [2.45, 2.75) is 31.1 Å². The highest BCUT2D eigenvalue weighted by molar-refractivity contribution is 5.38. The molecule has 0 radical (unpaired) electrons. The molecular formula is C14H19N. The van der Waals surface area contributed by atoms with Gasteiger partial charge in [-0.2, -0.15) is 0 Å². The average Bonchev–Trinajstić information content (AvgIpc) is 2.62. The zero-order valence-electron chi connectivity index (χ0n) is 9.50. The van der Waals surface area contributed by atoms with Crippen LogP contribution in [-0.4, -0.2) is 25.0 Å². The van der Waals surface area contributed by atoms with E-state index in [2.05, 4.69) is 36.2 Å². The Hall–Kier alpha value is -0.820. The molecule has 0 aromatic heterocycles. The molecule has 0 bridgehead atoms. The van der Waals surface area contributed by atoms with Crippen molar-refractivity contribution in [2.75, 3.05) is 20.1 Å². The Morgan fingerprint density at radius 2 is 2.07 bits per heavy atom. The van der Waals surface area contributed by atoms with Crippen LogP contribution in [0.5, 0.6) is 0 Å².